The van der Waals surface area contributed by atoms with Crippen LogP contribution in [-0.2, 0) is 21.0 Å². The van der Waals surface area contributed by atoms with Crippen LogP contribution in [0.4, 0.5) is 24.5 Å². The van der Waals surface area contributed by atoms with E-state index in [1.807, 2.05) is 24.3 Å². The van der Waals surface area contributed by atoms with Gasteiger partial charge < -0.3 is 5.32 Å². The van der Waals surface area contributed by atoms with Crippen LogP contribution < -0.4 is 9.62 Å². The Morgan fingerprint density at radius 1 is 1.03 bits per heavy atom. The molecular formula is C20H16ClF3N2O3S. The number of fused-ring (bicyclic) bond motifs is 1. The Morgan fingerprint density at radius 2 is 1.70 bits per heavy atom. The first-order valence-electron chi connectivity index (χ1n) is 8.58. The summed E-state index contributed by atoms with van der Waals surface area (Å²) < 4.78 is 64.1. The van der Waals surface area contributed by atoms with E-state index in [2.05, 4.69) is 5.32 Å². The fraction of sp³-hybridized carbons (Fsp3) is 0.150. The van der Waals surface area contributed by atoms with Gasteiger partial charge in [0.1, 0.15) is 6.54 Å². The number of alkyl halides is 3. The first kappa shape index (κ1) is 21.9. The van der Waals surface area contributed by atoms with Crippen LogP contribution >= 0.6 is 11.6 Å². The van der Waals surface area contributed by atoms with Gasteiger partial charge in [-0.3, -0.25) is 9.10 Å². The van der Waals surface area contributed by atoms with Gasteiger partial charge in [-0.2, -0.15) is 13.2 Å². The summed E-state index contributed by atoms with van der Waals surface area (Å²) in [5, 5.41) is 4.14. The molecule has 158 valence electrons. The van der Waals surface area contributed by atoms with Crippen LogP contribution in [0.3, 0.4) is 0 Å². The molecule has 3 aromatic carbocycles. The number of halogens is 4. The summed E-state index contributed by atoms with van der Waals surface area (Å²) in [5.41, 5.74) is -1.09. The van der Waals surface area contributed by atoms with Gasteiger partial charge >= 0.3 is 6.18 Å². The Labute approximate surface area is 176 Å². The van der Waals surface area contributed by atoms with Crippen molar-refractivity contribution in [2.24, 2.45) is 0 Å². The maximum atomic E-state index is 13.0. The molecule has 0 unspecified atom stereocenters. The van der Waals surface area contributed by atoms with E-state index in [-0.39, 0.29) is 5.02 Å². The number of benzene rings is 3. The fourth-order valence-corrected chi connectivity index (χ4v) is 3.99. The number of sulfonamides is 1. The standard InChI is InChI=1S/C20H16ClF3N2O3S/c1-30(28,29)26(18-11-15(20(22,23)24)7-9-17(18)21)12-19(27)25-16-8-6-13-4-2-3-5-14(13)10-16/h2-11H,12H2,1H3,(H,25,27). The molecule has 0 fully saturated rings. The second-order valence-electron chi connectivity index (χ2n) is 6.54. The summed E-state index contributed by atoms with van der Waals surface area (Å²) >= 11 is 5.95. The van der Waals surface area contributed by atoms with Crippen molar-refractivity contribution in [2.75, 3.05) is 22.4 Å². The molecule has 1 N–H and O–H groups in total. The highest BCUT2D eigenvalue weighted by atomic mass is 35.5. The van der Waals surface area contributed by atoms with Crippen LogP contribution in [0.15, 0.2) is 60.7 Å². The van der Waals surface area contributed by atoms with Crippen LogP contribution in [0, 0.1) is 0 Å². The van der Waals surface area contributed by atoms with Gasteiger partial charge in [0, 0.05) is 5.69 Å². The average molecular weight is 457 g/mol. The van der Waals surface area contributed by atoms with E-state index in [4.69, 9.17) is 11.6 Å². The molecular weight excluding hydrogens is 441 g/mol. The lowest BCUT2D eigenvalue weighted by molar-refractivity contribution is -0.137. The number of amides is 1. The van der Waals surface area contributed by atoms with Gasteiger partial charge in [-0.15, -0.1) is 0 Å². The zero-order valence-electron chi connectivity index (χ0n) is 15.6. The van der Waals surface area contributed by atoms with Gasteiger partial charge in [0.25, 0.3) is 0 Å². The largest absolute Gasteiger partial charge is 0.416 e. The summed E-state index contributed by atoms with van der Waals surface area (Å²) in [4.78, 5) is 12.5. The minimum atomic E-state index is -4.70. The van der Waals surface area contributed by atoms with Gasteiger partial charge in [0.2, 0.25) is 15.9 Å². The van der Waals surface area contributed by atoms with Crippen LogP contribution in [0.5, 0.6) is 0 Å². The number of anilines is 2. The second-order valence-corrected chi connectivity index (χ2v) is 8.86. The third-order valence-electron chi connectivity index (χ3n) is 4.26. The highest BCUT2D eigenvalue weighted by Crippen LogP contribution is 2.36. The summed E-state index contributed by atoms with van der Waals surface area (Å²) in [7, 11) is -4.10. The third kappa shape index (κ3) is 5.03. The SMILES string of the molecule is CS(=O)(=O)N(CC(=O)Nc1ccc2ccccc2c1)c1cc(C(F)(F)F)ccc1Cl. The number of hydrogen-bond donors (Lipinski definition) is 1. The van der Waals surface area contributed by atoms with Gasteiger partial charge in [-0.1, -0.05) is 41.9 Å². The molecule has 0 aliphatic rings. The van der Waals surface area contributed by atoms with Gasteiger partial charge in [-0.05, 0) is 41.1 Å². The molecule has 30 heavy (non-hydrogen) atoms. The molecule has 0 saturated heterocycles. The molecule has 10 heteroatoms. The van der Waals surface area contributed by atoms with Crippen molar-refractivity contribution in [3.8, 4) is 0 Å². The van der Waals surface area contributed by atoms with E-state index in [1.165, 1.54) is 0 Å². The molecule has 0 aromatic heterocycles. The molecule has 0 atom stereocenters. The monoisotopic (exact) mass is 456 g/mol. The van der Waals surface area contributed by atoms with Crippen LogP contribution in [-0.4, -0.2) is 27.1 Å². The fourth-order valence-electron chi connectivity index (χ4n) is 2.86. The molecule has 0 saturated carbocycles. The third-order valence-corrected chi connectivity index (χ3v) is 5.71. The van der Waals surface area contributed by atoms with Gasteiger partial charge in [0.05, 0.1) is 22.5 Å². The van der Waals surface area contributed by atoms with Crippen molar-refractivity contribution < 1.29 is 26.4 Å². The summed E-state index contributed by atoms with van der Waals surface area (Å²) in [6.45, 7) is -0.743. The Morgan fingerprint density at radius 3 is 2.33 bits per heavy atom. The van der Waals surface area contributed by atoms with E-state index in [0.717, 1.165) is 29.2 Å². The average Bonchev–Trinajstić information content (AvgIpc) is 2.65. The highest BCUT2D eigenvalue weighted by Gasteiger charge is 2.33. The topological polar surface area (TPSA) is 66.5 Å². The predicted octanol–water partition coefficient (Wildman–Crippen LogP) is 4.92. The lowest BCUT2D eigenvalue weighted by atomic mass is 10.1. The first-order chi connectivity index (χ1) is 13.9. The molecule has 0 aliphatic heterocycles. The van der Waals surface area contributed by atoms with Crippen molar-refractivity contribution in [1.82, 2.24) is 0 Å². The van der Waals surface area contributed by atoms with E-state index in [0.29, 0.717) is 16.1 Å². The predicted molar refractivity (Wildman–Crippen MR) is 111 cm³/mol. The number of rotatable bonds is 5. The zero-order valence-corrected chi connectivity index (χ0v) is 17.1. The van der Waals surface area contributed by atoms with Crippen molar-refractivity contribution in [1.29, 1.82) is 0 Å². The van der Waals surface area contributed by atoms with Gasteiger partial charge in [-0.25, -0.2) is 8.42 Å². The maximum absolute atomic E-state index is 13.0. The second kappa shape index (κ2) is 8.16. The molecule has 3 aromatic rings. The summed E-state index contributed by atoms with van der Waals surface area (Å²) in [6, 6.07) is 14.8. The normalized spacial score (nSPS) is 12.0. The van der Waals surface area contributed by atoms with Crippen molar-refractivity contribution in [3.05, 3.63) is 71.2 Å². The number of nitrogens with zero attached hydrogens (tertiary/aromatic N) is 1. The maximum Gasteiger partial charge on any atom is 0.416 e. The minimum absolute atomic E-state index is 0.230. The molecule has 3 rings (SSSR count). The molecule has 0 bridgehead atoms. The van der Waals surface area contributed by atoms with E-state index >= 15 is 0 Å². The highest BCUT2D eigenvalue weighted by molar-refractivity contribution is 7.92. The molecule has 0 aliphatic carbocycles. The van der Waals surface area contributed by atoms with Crippen molar-refractivity contribution in [2.45, 2.75) is 6.18 Å². The first-order valence-corrected chi connectivity index (χ1v) is 10.8. The number of carbonyl (C=O) groups is 1. The smallest absolute Gasteiger partial charge is 0.324 e. The van der Waals surface area contributed by atoms with E-state index < -0.39 is 39.9 Å². The molecule has 5 nitrogen and oxygen atoms in total. The lowest BCUT2D eigenvalue weighted by Gasteiger charge is -2.24. The minimum Gasteiger partial charge on any atom is -0.324 e. The molecule has 0 heterocycles. The Bertz CT molecular complexity index is 1210. The Kier molecular flexibility index (Phi) is 5.96. The van der Waals surface area contributed by atoms with Crippen LogP contribution in [0.1, 0.15) is 5.56 Å². The molecule has 0 radical (unpaired) electrons. The van der Waals surface area contributed by atoms with E-state index in [9.17, 15) is 26.4 Å². The zero-order chi connectivity index (χ0) is 22.1. The number of nitrogens with one attached hydrogen (secondary N) is 1. The van der Waals surface area contributed by atoms with Crippen LogP contribution in [0.25, 0.3) is 10.8 Å². The number of carbonyl (C=O) groups excluding carboxylic acids is 1. The number of hydrogen-bond acceptors (Lipinski definition) is 3. The summed E-state index contributed by atoms with van der Waals surface area (Å²) in [5.74, 6) is -0.732. The van der Waals surface area contributed by atoms with Crippen LogP contribution in [0.2, 0.25) is 5.02 Å². The van der Waals surface area contributed by atoms with Crippen molar-refractivity contribution >= 4 is 49.7 Å². The molecule has 1 amide bonds. The Balaban J connectivity index is 1.89. The van der Waals surface area contributed by atoms with Crippen molar-refractivity contribution in [3.63, 3.8) is 0 Å². The Hall–Kier alpha value is -2.78. The quantitative estimate of drug-likeness (QED) is 0.592. The lowest BCUT2D eigenvalue weighted by Crippen LogP contribution is -2.37. The van der Waals surface area contributed by atoms with Gasteiger partial charge in [0.15, 0.2) is 0 Å². The van der Waals surface area contributed by atoms with E-state index in [1.54, 1.807) is 18.2 Å². The summed E-state index contributed by atoms with van der Waals surface area (Å²) in [6.07, 6.45) is -3.91. The molecule has 0 spiro atoms.